The molecule has 4 aromatic heterocycles. The van der Waals surface area contributed by atoms with Gasteiger partial charge in [-0.1, -0.05) is 74.4 Å². The summed E-state index contributed by atoms with van der Waals surface area (Å²) in [4.78, 5) is 0. The molecule has 0 N–H and O–H groups in total. The smallest absolute Gasteiger partial charge is 0.333 e. The zero-order valence-corrected chi connectivity index (χ0v) is 24.4. The van der Waals surface area contributed by atoms with E-state index < -0.39 is 0 Å². The van der Waals surface area contributed by atoms with Crippen LogP contribution >= 0.6 is 0 Å². The van der Waals surface area contributed by atoms with E-state index in [0.29, 0.717) is 0 Å². The topological polar surface area (TPSA) is 36.1 Å². The number of para-hydroxylation sites is 4. The Kier molecular flexibility index (Phi) is 4.27. The quantitative estimate of drug-likeness (QED) is 0.157. The molecule has 0 saturated heterocycles. The molecule has 0 radical (unpaired) electrons. The molecule has 5 heteroatoms. The van der Waals surface area contributed by atoms with Gasteiger partial charge in [-0.25, -0.2) is 0 Å². The lowest BCUT2D eigenvalue weighted by molar-refractivity contribution is 0.672. The number of hydrogen-bond donors (Lipinski definition) is 0. The van der Waals surface area contributed by atoms with Gasteiger partial charge in [0.05, 0.1) is 11.0 Å². The Morgan fingerprint density at radius 2 is 1.30 bits per heavy atom. The highest BCUT2D eigenvalue weighted by Gasteiger charge is 2.43. The van der Waals surface area contributed by atoms with E-state index in [-0.39, 0.29) is 6.85 Å². The van der Waals surface area contributed by atoms with Crippen LogP contribution in [0.1, 0.15) is 31.7 Å². The molecule has 0 atom stereocenters. The predicted molar refractivity (Wildman–Crippen MR) is 182 cm³/mol. The Morgan fingerprint density at radius 3 is 2.09 bits per heavy atom. The lowest BCUT2D eigenvalue weighted by atomic mass is 9.45. The van der Waals surface area contributed by atoms with Crippen LogP contribution in [0.4, 0.5) is 0 Å². The molecule has 0 bridgehead atoms. The van der Waals surface area contributed by atoms with Crippen LogP contribution in [0, 0.1) is 0 Å². The average Bonchev–Trinajstić information content (AvgIpc) is 3.79. The molecule has 0 saturated carbocycles. The van der Waals surface area contributed by atoms with Crippen LogP contribution in [0.2, 0.25) is 0 Å². The molecular formula is C39H27BN2O2. The van der Waals surface area contributed by atoms with E-state index in [4.69, 9.17) is 8.83 Å². The second-order valence-corrected chi connectivity index (χ2v) is 12.6. The molecule has 11 rings (SSSR count). The molecule has 44 heavy (non-hydrogen) atoms. The van der Waals surface area contributed by atoms with E-state index in [1.807, 2.05) is 0 Å². The molecule has 2 aliphatic heterocycles. The lowest BCUT2D eigenvalue weighted by Gasteiger charge is -2.34. The lowest BCUT2D eigenvalue weighted by Crippen LogP contribution is -2.55. The maximum atomic E-state index is 6.65. The van der Waals surface area contributed by atoms with Crippen molar-refractivity contribution in [3.8, 4) is 16.8 Å². The van der Waals surface area contributed by atoms with Gasteiger partial charge in [-0.3, -0.25) is 0 Å². The second kappa shape index (κ2) is 8.06. The Hall–Kier alpha value is -5.16. The maximum absolute atomic E-state index is 6.65. The highest BCUT2D eigenvalue weighted by atomic mass is 16.3. The first-order chi connectivity index (χ1) is 21.8. The van der Waals surface area contributed by atoms with Crippen LogP contribution in [0.15, 0.2) is 106 Å². The summed E-state index contributed by atoms with van der Waals surface area (Å²) in [7, 11) is 0. The number of fused-ring (bicyclic) bond motifs is 14. The number of rotatable bonds is 4. The van der Waals surface area contributed by atoms with E-state index in [1.165, 1.54) is 90.8 Å². The molecule has 0 fully saturated rings. The third-order valence-electron chi connectivity index (χ3n) is 10.3. The van der Waals surface area contributed by atoms with Crippen LogP contribution in [0.3, 0.4) is 0 Å². The summed E-state index contributed by atoms with van der Waals surface area (Å²) in [5.41, 5.74) is 16.7. The molecule has 6 heterocycles. The minimum Gasteiger partial charge on any atom is -0.454 e. The van der Waals surface area contributed by atoms with Gasteiger partial charge in [-0.05, 0) is 77.4 Å². The molecule has 5 aromatic carbocycles. The van der Waals surface area contributed by atoms with Crippen LogP contribution < -0.4 is 10.9 Å². The van der Waals surface area contributed by atoms with Crippen LogP contribution in [-0.4, -0.2) is 15.9 Å². The summed E-state index contributed by atoms with van der Waals surface area (Å²) in [6, 6.07) is 35.5. The fourth-order valence-electron chi connectivity index (χ4n) is 8.57. The Bertz CT molecular complexity index is 2700. The van der Waals surface area contributed by atoms with Crippen molar-refractivity contribution < 1.29 is 8.83 Å². The Morgan fingerprint density at radius 1 is 0.614 bits per heavy atom. The SMILES string of the molecule is CCCCCc1cc2c3c(c1)-n1c4c(cccc4c4oc5ccccc5c41)B3n1c3c-2cccc3c2oc3ccccc3c21. The molecule has 0 unspecified atom stereocenters. The number of nitrogens with zero attached hydrogens (tertiary/aromatic N) is 2. The van der Waals surface area contributed by atoms with Crippen LogP contribution in [0.25, 0.3) is 82.8 Å². The molecular weight excluding hydrogens is 539 g/mol. The van der Waals surface area contributed by atoms with Gasteiger partial charge in [0.15, 0.2) is 11.2 Å². The molecule has 0 aliphatic carbocycles. The van der Waals surface area contributed by atoms with Crippen molar-refractivity contribution in [1.29, 1.82) is 0 Å². The summed E-state index contributed by atoms with van der Waals surface area (Å²) < 4.78 is 18.4. The highest BCUT2D eigenvalue weighted by Crippen LogP contribution is 2.46. The Balaban J connectivity index is 1.37. The first-order valence-electron chi connectivity index (χ1n) is 15.9. The van der Waals surface area contributed by atoms with Gasteiger partial charge in [-0.2, -0.15) is 0 Å². The van der Waals surface area contributed by atoms with E-state index in [2.05, 4.69) is 113 Å². The normalized spacial score (nSPS) is 13.4. The number of aryl methyl sites for hydroxylation is 1. The van der Waals surface area contributed by atoms with Crippen molar-refractivity contribution in [1.82, 2.24) is 9.05 Å². The van der Waals surface area contributed by atoms with Crippen molar-refractivity contribution >= 4 is 83.7 Å². The molecule has 0 amide bonds. The van der Waals surface area contributed by atoms with Crippen molar-refractivity contribution in [3.05, 3.63) is 103 Å². The molecule has 208 valence electrons. The summed E-state index contributed by atoms with van der Waals surface area (Å²) >= 11 is 0. The molecule has 9 aromatic rings. The summed E-state index contributed by atoms with van der Waals surface area (Å²) in [6.07, 6.45) is 4.72. The summed E-state index contributed by atoms with van der Waals surface area (Å²) in [5.74, 6) is 0. The van der Waals surface area contributed by atoms with Gasteiger partial charge in [-0.15, -0.1) is 0 Å². The van der Waals surface area contributed by atoms with Gasteiger partial charge >= 0.3 is 6.85 Å². The summed E-state index contributed by atoms with van der Waals surface area (Å²) in [6.45, 7) is 2.30. The first-order valence-corrected chi connectivity index (χ1v) is 15.9. The van der Waals surface area contributed by atoms with Gasteiger partial charge in [0.25, 0.3) is 0 Å². The van der Waals surface area contributed by atoms with Gasteiger partial charge < -0.3 is 17.9 Å². The van der Waals surface area contributed by atoms with Crippen molar-refractivity contribution in [2.45, 2.75) is 32.6 Å². The van der Waals surface area contributed by atoms with E-state index in [9.17, 15) is 0 Å². The number of furan rings is 2. The van der Waals surface area contributed by atoms with Crippen LogP contribution in [-0.2, 0) is 6.42 Å². The van der Waals surface area contributed by atoms with Gasteiger partial charge in [0.2, 0.25) is 0 Å². The summed E-state index contributed by atoms with van der Waals surface area (Å²) in [5, 5.41) is 4.69. The third kappa shape index (κ3) is 2.64. The standard InChI is InChI=1S/C39H27BN2O2/c1-2-3-4-11-22-20-28-23-14-9-15-26-34(23)42(37-25-13-6-8-19-32(25)44-39(26)37)40-29-17-10-16-27-35(29)41(30(21-22)33(28)40)36-24-12-5-7-18-31(24)43-38(27)36/h5-10,12-21H,2-4,11H2,1H3. The molecule has 4 nitrogen and oxygen atoms in total. The van der Waals surface area contributed by atoms with Gasteiger partial charge in [0, 0.05) is 38.3 Å². The van der Waals surface area contributed by atoms with E-state index in [0.717, 1.165) is 34.1 Å². The van der Waals surface area contributed by atoms with E-state index >= 15 is 0 Å². The zero-order valence-electron chi connectivity index (χ0n) is 24.4. The highest BCUT2D eigenvalue weighted by molar-refractivity contribution is 6.90. The monoisotopic (exact) mass is 566 g/mol. The minimum atomic E-state index is 0.0158. The largest absolute Gasteiger partial charge is 0.454 e. The number of aromatic nitrogens is 2. The molecule has 2 aliphatic rings. The predicted octanol–water partition coefficient (Wildman–Crippen LogP) is 9.06. The maximum Gasteiger partial charge on any atom is 0.333 e. The van der Waals surface area contributed by atoms with Crippen molar-refractivity contribution in [2.75, 3.05) is 0 Å². The number of unbranched alkanes of at least 4 members (excludes halogenated alkanes) is 2. The van der Waals surface area contributed by atoms with Crippen molar-refractivity contribution in [2.24, 2.45) is 0 Å². The second-order valence-electron chi connectivity index (χ2n) is 12.6. The first kappa shape index (κ1) is 23.3. The third-order valence-corrected chi connectivity index (χ3v) is 10.3. The van der Waals surface area contributed by atoms with E-state index in [1.54, 1.807) is 0 Å². The zero-order chi connectivity index (χ0) is 28.7. The average molecular weight is 566 g/mol. The van der Waals surface area contributed by atoms with Crippen LogP contribution in [0.5, 0.6) is 0 Å². The molecule has 0 spiro atoms. The number of hydrogen-bond acceptors (Lipinski definition) is 2. The minimum absolute atomic E-state index is 0.0158. The van der Waals surface area contributed by atoms with Gasteiger partial charge in [0.1, 0.15) is 16.7 Å². The van der Waals surface area contributed by atoms with Crippen molar-refractivity contribution in [3.63, 3.8) is 0 Å². The number of benzene rings is 5. The fourth-order valence-corrected chi connectivity index (χ4v) is 8.57. The fraction of sp³-hybridized carbons (Fsp3) is 0.128. The Labute approximate surface area is 253 Å².